The molecular formula is C24H53NO16. The molecule has 0 spiro atoms. The average Bonchev–Trinajstić information content (AvgIpc) is 2.93. The smallest absolute Gasteiger partial charge is 0.101 e. The van der Waals surface area contributed by atoms with Crippen LogP contribution in [0.3, 0.4) is 0 Å². The maximum absolute atomic E-state index is 9.73. The normalized spacial score (nSPS) is 16.1. The number of ether oxygens (including phenoxy) is 5. The van der Waals surface area contributed by atoms with Gasteiger partial charge in [-0.25, -0.2) is 0 Å². The van der Waals surface area contributed by atoms with Crippen LogP contribution >= 0.6 is 0 Å². The fourth-order valence-electron chi connectivity index (χ4n) is 2.76. The van der Waals surface area contributed by atoms with Gasteiger partial charge in [-0.2, -0.15) is 0 Å². The lowest BCUT2D eigenvalue weighted by Gasteiger charge is -2.17. The minimum Gasteiger partial charge on any atom is -0.395 e. The van der Waals surface area contributed by atoms with Crippen molar-refractivity contribution < 1.29 is 79.9 Å². The Morgan fingerprint density at radius 3 is 0.707 bits per heavy atom. The highest BCUT2D eigenvalue weighted by molar-refractivity contribution is 4.60. The predicted molar refractivity (Wildman–Crippen MR) is 142 cm³/mol. The maximum Gasteiger partial charge on any atom is 0.101 e. The second kappa shape index (κ2) is 30.8. The number of nitrogens with zero attached hydrogens (tertiary/aromatic N) is 1. The first-order valence-electron chi connectivity index (χ1n) is 13.4. The van der Waals surface area contributed by atoms with Crippen LogP contribution in [0.25, 0.3) is 0 Å². The molecule has 0 aliphatic rings. The summed E-state index contributed by atoms with van der Waals surface area (Å²) in [6.07, 6.45) is -5.90. The quantitative estimate of drug-likeness (QED) is 0.0392. The molecule has 0 aromatic rings. The number of rotatable bonds is 28. The van der Waals surface area contributed by atoms with Gasteiger partial charge in [0.05, 0.1) is 99.1 Å². The van der Waals surface area contributed by atoms with E-state index in [1.807, 2.05) is 0 Å². The summed E-state index contributed by atoms with van der Waals surface area (Å²) in [5.74, 6) is 0. The Morgan fingerprint density at radius 1 is 0.341 bits per heavy atom. The summed E-state index contributed by atoms with van der Waals surface area (Å²) in [4.78, 5) is 1.79. The van der Waals surface area contributed by atoms with Crippen molar-refractivity contribution in [3.05, 3.63) is 0 Å². The summed E-state index contributed by atoms with van der Waals surface area (Å²) in [7, 11) is 0. The Labute approximate surface area is 240 Å². The number of aliphatic hydroxyl groups excluding tert-OH is 11. The van der Waals surface area contributed by atoms with E-state index >= 15 is 0 Å². The first kappa shape index (κ1) is 42.5. The number of hydrogen-bond acceptors (Lipinski definition) is 17. The van der Waals surface area contributed by atoms with E-state index in [2.05, 4.69) is 0 Å². The zero-order valence-electron chi connectivity index (χ0n) is 23.6. The highest BCUT2D eigenvalue weighted by atomic mass is 16.5. The zero-order valence-corrected chi connectivity index (χ0v) is 23.6. The summed E-state index contributed by atoms with van der Waals surface area (Å²) in [5.41, 5.74) is 0. The summed E-state index contributed by atoms with van der Waals surface area (Å²) < 4.78 is 25.3. The molecule has 0 aliphatic heterocycles. The van der Waals surface area contributed by atoms with Crippen LogP contribution in [0.4, 0.5) is 0 Å². The fourth-order valence-corrected chi connectivity index (χ4v) is 2.76. The van der Waals surface area contributed by atoms with Crippen LogP contribution < -0.4 is 0 Å². The SMILES string of the molecule is OCC(O)COCC(O)COCC(O)COCC(O)COCC(O)COCC(O)CO.OCCN(CCO)CCO. The largest absolute Gasteiger partial charge is 0.395 e. The molecule has 0 saturated carbocycles. The maximum atomic E-state index is 9.73. The van der Waals surface area contributed by atoms with Gasteiger partial charge < -0.3 is 79.9 Å². The molecule has 0 amide bonds. The van der Waals surface area contributed by atoms with Crippen molar-refractivity contribution in [2.24, 2.45) is 0 Å². The number of hydrogen-bond donors (Lipinski definition) is 11. The fraction of sp³-hybridized carbons (Fsp3) is 1.00. The first-order valence-corrected chi connectivity index (χ1v) is 13.4. The van der Waals surface area contributed by atoms with E-state index < -0.39 is 49.8 Å². The van der Waals surface area contributed by atoms with Gasteiger partial charge in [0, 0.05) is 19.6 Å². The van der Waals surface area contributed by atoms with Gasteiger partial charge in [-0.15, -0.1) is 0 Å². The Bertz CT molecular complexity index is 478. The van der Waals surface area contributed by atoms with Gasteiger partial charge in [0.1, 0.15) is 36.6 Å². The molecule has 0 fully saturated rings. The molecule has 11 N–H and O–H groups in total. The third-order valence-electron chi connectivity index (χ3n) is 4.77. The van der Waals surface area contributed by atoms with Crippen molar-refractivity contribution >= 4 is 0 Å². The van der Waals surface area contributed by atoms with Gasteiger partial charge in [-0.05, 0) is 0 Å². The third kappa shape index (κ3) is 30.6. The topological polar surface area (TPSA) is 272 Å². The Morgan fingerprint density at radius 2 is 0.537 bits per heavy atom. The van der Waals surface area contributed by atoms with Gasteiger partial charge >= 0.3 is 0 Å². The molecule has 0 saturated heterocycles. The monoisotopic (exact) mass is 611 g/mol. The minimum atomic E-state index is -1.01. The summed E-state index contributed by atoms with van der Waals surface area (Å²) in [6.45, 7) is -0.197. The van der Waals surface area contributed by atoms with Gasteiger partial charge in [-0.3, -0.25) is 4.90 Å². The molecule has 250 valence electrons. The van der Waals surface area contributed by atoms with Crippen LogP contribution in [-0.2, 0) is 23.7 Å². The van der Waals surface area contributed by atoms with E-state index in [0.29, 0.717) is 19.6 Å². The van der Waals surface area contributed by atoms with Crippen LogP contribution in [0.5, 0.6) is 0 Å². The molecule has 0 aromatic heterocycles. The van der Waals surface area contributed by atoms with E-state index in [4.69, 9.17) is 59.4 Å². The van der Waals surface area contributed by atoms with Crippen LogP contribution in [0.1, 0.15) is 0 Å². The van der Waals surface area contributed by atoms with Crippen LogP contribution in [0, 0.1) is 0 Å². The second-order valence-corrected chi connectivity index (χ2v) is 8.99. The lowest BCUT2D eigenvalue weighted by molar-refractivity contribution is -0.0840. The molecule has 6 unspecified atom stereocenters. The molecule has 0 radical (unpaired) electrons. The molecule has 0 rings (SSSR count). The van der Waals surface area contributed by atoms with Crippen molar-refractivity contribution in [1.29, 1.82) is 0 Å². The van der Waals surface area contributed by atoms with Gasteiger partial charge in [-0.1, -0.05) is 0 Å². The molecule has 17 heteroatoms. The van der Waals surface area contributed by atoms with E-state index in [1.165, 1.54) is 0 Å². The molecule has 0 aliphatic carbocycles. The molecule has 0 bridgehead atoms. The lowest BCUT2D eigenvalue weighted by Crippen LogP contribution is -2.32. The summed E-state index contributed by atoms with van der Waals surface area (Å²) >= 11 is 0. The standard InChI is InChI=1S/C18H38O13.C6H15NO3/c19-1-13(21)3-27-5-15(23)7-29-9-17(25)11-31-12-18(26)10-30-8-16(24)6-28-4-14(22)2-20;8-4-1-7(2-5-9)3-6-10/h13-26H,1-12H2;8-10H,1-6H2. The van der Waals surface area contributed by atoms with Gasteiger partial charge in [0.15, 0.2) is 0 Å². The number of aliphatic hydroxyl groups is 11. The minimum absolute atomic E-state index is 0.0694. The third-order valence-corrected chi connectivity index (χ3v) is 4.77. The van der Waals surface area contributed by atoms with Crippen molar-refractivity contribution in [3.63, 3.8) is 0 Å². The van der Waals surface area contributed by atoms with Crippen LogP contribution in [-0.4, -0.2) is 216 Å². The van der Waals surface area contributed by atoms with Crippen molar-refractivity contribution in [1.82, 2.24) is 4.90 Å². The van der Waals surface area contributed by atoms with Crippen molar-refractivity contribution in [3.8, 4) is 0 Å². The van der Waals surface area contributed by atoms with Crippen LogP contribution in [0.15, 0.2) is 0 Å². The van der Waals surface area contributed by atoms with Gasteiger partial charge in [0.25, 0.3) is 0 Å². The van der Waals surface area contributed by atoms with Crippen LogP contribution in [0.2, 0.25) is 0 Å². The molecule has 0 heterocycles. The average molecular weight is 612 g/mol. The Kier molecular flexibility index (Phi) is 31.9. The highest BCUT2D eigenvalue weighted by Crippen LogP contribution is 1.96. The second-order valence-electron chi connectivity index (χ2n) is 8.99. The zero-order chi connectivity index (χ0) is 31.3. The Hall–Kier alpha value is -0.680. The molecule has 17 nitrogen and oxygen atoms in total. The molecular weight excluding hydrogens is 558 g/mol. The van der Waals surface area contributed by atoms with E-state index in [1.54, 1.807) is 4.90 Å². The van der Waals surface area contributed by atoms with E-state index in [9.17, 15) is 20.4 Å². The van der Waals surface area contributed by atoms with Gasteiger partial charge in [0.2, 0.25) is 0 Å². The predicted octanol–water partition coefficient (Wildman–Crippen LogP) is -6.52. The summed E-state index contributed by atoms with van der Waals surface area (Å²) in [6, 6.07) is 0. The highest BCUT2D eigenvalue weighted by Gasteiger charge is 2.13. The first-order chi connectivity index (χ1) is 19.6. The van der Waals surface area contributed by atoms with Crippen molar-refractivity contribution in [2.75, 3.05) is 119 Å². The molecule has 0 aromatic carbocycles. The summed E-state index contributed by atoms with van der Waals surface area (Å²) in [5, 5.41) is 99.5. The molecule has 6 atom stereocenters. The van der Waals surface area contributed by atoms with Crippen molar-refractivity contribution in [2.45, 2.75) is 36.6 Å². The van der Waals surface area contributed by atoms with E-state index in [0.717, 1.165) is 0 Å². The van der Waals surface area contributed by atoms with E-state index in [-0.39, 0.29) is 85.9 Å². The molecule has 41 heavy (non-hydrogen) atoms. The lowest BCUT2D eigenvalue weighted by atomic mass is 10.3. The Balaban J connectivity index is 0.